The number of nitrogens with one attached hydrogen (secondary N) is 1. The molecular weight excluding hydrogens is 296 g/mol. The van der Waals surface area contributed by atoms with Gasteiger partial charge in [-0.05, 0) is 23.8 Å². The van der Waals surface area contributed by atoms with Crippen LogP contribution < -0.4 is 9.46 Å². The second kappa shape index (κ2) is 7.42. The van der Waals surface area contributed by atoms with E-state index in [2.05, 4.69) is 4.72 Å². The molecule has 21 heavy (non-hydrogen) atoms. The highest BCUT2D eigenvalue weighted by molar-refractivity contribution is 7.89. The van der Waals surface area contributed by atoms with Gasteiger partial charge in [-0.25, -0.2) is 17.9 Å². The van der Waals surface area contributed by atoms with Gasteiger partial charge in [-0.15, -0.1) is 0 Å². The predicted molar refractivity (Wildman–Crippen MR) is 75.1 cm³/mol. The maximum Gasteiger partial charge on any atom is 0.328 e. The molecule has 0 atom stereocenters. The average Bonchev–Trinajstić information content (AvgIpc) is 2.45. The minimum absolute atomic E-state index is 0.0167. The number of carbonyl (C=O) groups is 1. The van der Waals surface area contributed by atoms with Crippen LogP contribution in [-0.2, 0) is 14.8 Å². The summed E-state index contributed by atoms with van der Waals surface area (Å²) in [5.74, 6) is -1.01. The Labute approximate surface area is 122 Å². The molecule has 1 aromatic rings. The molecule has 0 aliphatic heterocycles. The van der Waals surface area contributed by atoms with Gasteiger partial charge in [-0.3, -0.25) is 0 Å². The van der Waals surface area contributed by atoms with Crippen LogP contribution in [0.3, 0.4) is 0 Å². The Morgan fingerprint density at radius 2 is 2.24 bits per heavy atom. The van der Waals surface area contributed by atoms with Crippen LogP contribution >= 0.6 is 0 Å². The molecule has 7 nitrogen and oxygen atoms in total. The number of methoxy groups -OCH3 is 1. The lowest BCUT2D eigenvalue weighted by atomic mass is 10.2. The molecule has 0 aromatic heterocycles. The second-order valence-electron chi connectivity index (χ2n) is 3.89. The molecule has 0 saturated carbocycles. The highest BCUT2D eigenvalue weighted by atomic mass is 32.2. The molecule has 1 rings (SSSR count). The Kier molecular flexibility index (Phi) is 5.90. The number of hydrogen-bond acceptors (Lipinski definition) is 5. The van der Waals surface area contributed by atoms with Crippen molar-refractivity contribution in [2.75, 3.05) is 13.7 Å². The Morgan fingerprint density at radius 1 is 1.52 bits per heavy atom. The van der Waals surface area contributed by atoms with E-state index in [1.54, 1.807) is 0 Å². The molecule has 0 aliphatic carbocycles. The zero-order chi connectivity index (χ0) is 15.9. The minimum atomic E-state index is -3.84. The lowest BCUT2D eigenvalue weighted by Gasteiger charge is -2.10. The molecule has 2 N–H and O–H groups in total. The summed E-state index contributed by atoms with van der Waals surface area (Å²) in [5, 5.41) is 17.0. The zero-order valence-corrected chi connectivity index (χ0v) is 12.1. The first-order valence-corrected chi connectivity index (χ1v) is 7.34. The number of ether oxygens (including phenoxy) is 1. The van der Waals surface area contributed by atoms with Crippen molar-refractivity contribution in [2.24, 2.45) is 0 Å². The largest absolute Gasteiger partial charge is 0.495 e. The van der Waals surface area contributed by atoms with Crippen LogP contribution in [0.15, 0.2) is 29.2 Å². The minimum Gasteiger partial charge on any atom is -0.495 e. The molecule has 0 radical (unpaired) electrons. The maximum atomic E-state index is 12.1. The number of hydrogen-bond donors (Lipinski definition) is 2. The summed E-state index contributed by atoms with van der Waals surface area (Å²) in [7, 11) is -2.51. The third-order valence-corrected chi connectivity index (χ3v) is 3.91. The number of sulfonamides is 1. The predicted octanol–water partition coefficient (Wildman–Crippen LogP) is 0.985. The number of carboxylic acids is 1. The third kappa shape index (κ3) is 4.91. The molecule has 112 valence electrons. The summed E-state index contributed by atoms with van der Waals surface area (Å²) in [4.78, 5) is 10.4. The normalized spacial score (nSPS) is 11.2. The number of carboxylic acid groups (broad SMARTS) is 1. The van der Waals surface area contributed by atoms with Gasteiger partial charge >= 0.3 is 5.97 Å². The van der Waals surface area contributed by atoms with E-state index in [1.807, 2.05) is 6.07 Å². The van der Waals surface area contributed by atoms with E-state index in [4.69, 9.17) is 15.1 Å². The number of nitrogens with zero attached hydrogens (tertiary/aromatic N) is 1. The van der Waals surface area contributed by atoms with Crippen molar-refractivity contribution < 1.29 is 23.1 Å². The molecule has 0 aliphatic rings. The standard InChI is InChI=1S/C13H14N2O5S/c1-20-11-5-3-10(4-6-13(16)17)9-12(11)21(18,19)15-8-2-7-14/h3-6,9,15H,2,8H2,1H3,(H,16,17). The average molecular weight is 310 g/mol. The fourth-order valence-corrected chi connectivity index (χ4v) is 2.73. The summed E-state index contributed by atoms with van der Waals surface area (Å²) < 4.78 is 31.5. The summed E-state index contributed by atoms with van der Waals surface area (Å²) in [6.07, 6.45) is 2.22. The molecule has 0 spiro atoms. The lowest BCUT2D eigenvalue weighted by molar-refractivity contribution is -0.131. The lowest BCUT2D eigenvalue weighted by Crippen LogP contribution is -2.25. The van der Waals surface area contributed by atoms with Crippen LogP contribution in [0.1, 0.15) is 12.0 Å². The van der Waals surface area contributed by atoms with Gasteiger partial charge in [0.15, 0.2) is 0 Å². The Bertz CT molecular complexity index is 689. The Morgan fingerprint density at radius 3 is 2.81 bits per heavy atom. The van der Waals surface area contributed by atoms with Gasteiger partial charge in [0, 0.05) is 19.0 Å². The van der Waals surface area contributed by atoms with Crippen LogP contribution in [0.4, 0.5) is 0 Å². The van der Waals surface area contributed by atoms with Crippen molar-refractivity contribution in [1.82, 2.24) is 4.72 Å². The molecule has 0 heterocycles. The summed E-state index contributed by atoms with van der Waals surface area (Å²) in [5.41, 5.74) is 0.402. The van der Waals surface area contributed by atoms with Crippen molar-refractivity contribution in [2.45, 2.75) is 11.3 Å². The van der Waals surface area contributed by atoms with Gasteiger partial charge in [0.05, 0.1) is 13.2 Å². The van der Waals surface area contributed by atoms with E-state index >= 15 is 0 Å². The Hall–Kier alpha value is -2.37. The van der Waals surface area contributed by atoms with Crippen LogP contribution in [0, 0.1) is 11.3 Å². The monoisotopic (exact) mass is 310 g/mol. The van der Waals surface area contributed by atoms with Crippen molar-refractivity contribution in [3.05, 3.63) is 29.8 Å². The van der Waals surface area contributed by atoms with E-state index < -0.39 is 16.0 Å². The molecule has 0 unspecified atom stereocenters. The molecular formula is C13H14N2O5S. The van der Waals surface area contributed by atoms with Gasteiger partial charge in [-0.1, -0.05) is 6.07 Å². The number of aliphatic carboxylic acids is 1. The fraction of sp³-hybridized carbons (Fsp3) is 0.231. The van der Waals surface area contributed by atoms with Gasteiger partial charge in [0.25, 0.3) is 0 Å². The Balaban J connectivity index is 3.16. The smallest absolute Gasteiger partial charge is 0.328 e. The van der Waals surface area contributed by atoms with Gasteiger partial charge in [-0.2, -0.15) is 5.26 Å². The van der Waals surface area contributed by atoms with E-state index in [1.165, 1.54) is 31.4 Å². The van der Waals surface area contributed by atoms with E-state index in [-0.39, 0.29) is 23.6 Å². The topological polar surface area (TPSA) is 116 Å². The van der Waals surface area contributed by atoms with Crippen LogP contribution in [-0.4, -0.2) is 33.1 Å². The highest BCUT2D eigenvalue weighted by Crippen LogP contribution is 2.25. The number of nitriles is 1. The van der Waals surface area contributed by atoms with E-state index in [9.17, 15) is 13.2 Å². The van der Waals surface area contributed by atoms with Crippen LogP contribution in [0.2, 0.25) is 0 Å². The molecule has 0 saturated heterocycles. The van der Waals surface area contributed by atoms with Crippen LogP contribution in [0.5, 0.6) is 5.75 Å². The molecule has 1 aromatic carbocycles. The second-order valence-corrected chi connectivity index (χ2v) is 5.62. The summed E-state index contributed by atoms with van der Waals surface area (Å²) in [6, 6.07) is 6.09. The molecule has 8 heteroatoms. The molecule has 0 bridgehead atoms. The quantitative estimate of drug-likeness (QED) is 0.573. The van der Waals surface area contributed by atoms with Gasteiger partial charge in [0.2, 0.25) is 10.0 Å². The fourth-order valence-electron chi connectivity index (χ4n) is 1.49. The maximum absolute atomic E-state index is 12.1. The number of benzene rings is 1. The highest BCUT2D eigenvalue weighted by Gasteiger charge is 2.19. The summed E-state index contributed by atoms with van der Waals surface area (Å²) >= 11 is 0. The first-order chi connectivity index (χ1) is 9.90. The summed E-state index contributed by atoms with van der Waals surface area (Å²) in [6.45, 7) is -0.0167. The van der Waals surface area contributed by atoms with Crippen molar-refractivity contribution in [3.8, 4) is 11.8 Å². The van der Waals surface area contributed by atoms with Gasteiger partial charge < -0.3 is 9.84 Å². The van der Waals surface area contributed by atoms with Crippen LogP contribution in [0.25, 0.3) is 6.08 Å². The van der Waals surface area contributed by atoms with Crippen molar-refractivity contribution in [1.29, 1.82) is 5.26 Å². The SMILES string of the molecule is COc1ccc(C=CC(=O)O)cc1S(=O)(=O)NCCC#N. The van der Waals surface area contributed by atoms with E-state index in [0.29, 0.717) is 5.56 Å². The first kappa shape index (κ1) is 16.7. The zero-order valence-electron chi connectivity index (χ0n) is 11.2. The van der Waals surface area contributed by atoms with Crippen molar-refractivity contribution in [3.63, 3.8) is 0 Å². The third-order valence-electron chi connectivity index (χ3n) is 2.42. The first-order valence-electron chi connectivity index (χ1n) is 5.86. The molecule has 0 amide bonds. The van der Waals surface area contributed by atoms with Crippen molar-refractivity contribution >= 4 is 22.1 Å². The number of rotatable bonds is 7. The van der Waals surface area contributed by atoms with Gasteiger partial charge in [0.1, 0.15) is 10.6 Å². The van der Waals surface area contributed by atoms with E-state index in [0.717, 1.165) is 6.08 Å². The molecule has 0 fully saturated rings.